The van der Waals surface area contributed by atoms with E-state index in [1.807, 2.05) is 18.7 Å². The summed E-state index contributed by atoms with van der Waals surface area (Å²) >= 11 is 0. The Kier molecular flexibility index (Phi) is 7.03. The Morgan fingerprint density at radius 2 is 1.83 bits per heavy atom. The van der Waals surface area contributed by atoms with Crippen LogP contribution in [0.5, 0.6) is 0 Å². The Morgan fingerprint density at radius 1 is 1.14 bits per heavy atom. The van der Waals surface area contributed by atoms with E-state index in [-0.39, 0.29) is 47.9 Å². The van der Waals surface area contributed by atoms with Crippen LogP contribution in [-0.4, -0.2) is 77.5 Å². The van der Waals surface area contributed by atoms with E-state index in [4.69, 9.17) is 0 Å². The van der Waals surface area contributed by atoms with Crippen molar-refractivity contribution in [2.24, 2.45) is 5.92 Å². The fraction of sp³-hybridized carbons (Fsp3) is 0.857. The van der Waals surface area contributed by atoms with E-state index in [1.165, 1.54) is 0 Å². The second-order valence-corrected chi connectivity index (χ2v) is 9.05. The number of fused-ring (bicyclic) bond motifs is 1. The first kappa shape index (κ1) is 21.9. The molecule has 0 unspecified atom stereocenters. The number of amides is 4. The van der Waals surface area contributed by atoms with Crippen molar-refractivity contribution >= 4 is 17.8 Å². The molecule has 0 spiro atoms. The van der Waals surface area contributed by atoms with Gasteiger partial charge in [0.05, 0.1) is 6.04 Å². The number of nitrogens with zero attached hydrogens (tertiary/aromatic N) is 2. The second kappa shape index (κ2) is 9.32. The quantitative estimate of drug-likeness (QED) is 0.561. The molecule has 3 rings (SSSR count). The molecule has 3 atom stereocenters. The summed E-state index contributed by atoms with van der Waals surface area (Å²) in [7, 11) is 0. The van der Waals surface area contributed by atoms with Crippen molar-refractivity contribution < 1.29 is 14.4 Å². The average molecular weight is 408 g/mol. The summed E-state index contributed by atoms with van der Waals surface area (Å²) in [6.07, 6.45) is 4.64. The Hall–Kier alpha value is -1.83. The van der Waals surface area contributed by atoms with E-state index in [1.54, 1.807) is 0 Å². The summed E-state index contributed by atoms with van der Waals surface area (Å²) in [5.74, 6) is 0.302. The zero-order chi connectivity index (χ0) is 21.1. The normalized spacial score (nSPS) is 27.3. The van der Waals surface area contributed by atoms with Gasteiger partial charge in [-0.2, -0.15) is 0 Å². The van der Waals surface area contributed by atoms with E-state index in [2.05, 4.69) is 34.7 Å². The average Bonchev–Trinajstić information content (AvgIpc) is 3.43. The van der Waals surface area contributed by atoms with Crippen molar-refractivity contribution in [3.05, 3.63) is 0 Å². The van der Waals surface area contributed by atoms with Gasteiger partial charge in [-0.15, -0.1) is 0 Å². The summed E-state index contributed by atoms with van der Waals surface area (Å²) in [5.41, 5.74) is 0. The lowest BCUT2D eigenvalue weighted by atomic mass is 10.00. The van der Waals surface area contributed by atoms with Gasteiger partial charge in [0.2, 0.25) is 11.8 Å². The lowest BCUT2D eigenvalue weighted by Crippen LogP contribution is -2.64. The summed E-state index contributed by atoms with van der Waals surface area (Å²) in [6, 6.07) is -0.0241. The Bertz CT molecular complexity index is 617. The van der Waals surface area contributed by atoms with Crippen LogP contribution in [0.3, 0.4) is 0 Å². The number of carbonyl (C=O) groups is 3. The molecule has 0 bridgehead atoms. The molecular weight excluding hydrogens is 370 g/mol. The van der Waals surface area contributed by atoms with Crippen molar-refractivity contribution in [3.63, 3.8) is 0 Å². The van der Waals surface area contributed by atoms with E-state index >= 15 is 0 Å². The molecule has 2 heterocycles. The molecule has 8 nitrogen and oxygen atoms in total. The van der Waals surface area contributed by atoms with Gasteiger partial charge in [0.25, 0.3) is 0 Å². The largest absolute Gasteiger partial charge is 0.354 e. The van der Waals surface area contributed by atoms with E-state index in [9.17, 15) is 14.4 Å². The summed E-state index contributed by atoms with van der Waals surface area (Å²) in [5, 5.41) is 8.88. The maximum atomic E-state index is 13.4. The Labute approximate surface area is 174 Å². The number of piperazine rings is 1. The Balaban J connectivity index is 1.67. The smallest absolute Gasteiger partial charge is 0.315 e. The maximum absolute atomic E-state index is 13.4. The lowest BCUT2D eigenvalue weighted by molar-refractivity contribution is -0.145. The second-order valence-electron chi connectivity index (χ2n) is 9.05. The van der Waals surface area contributed by atoms with Crippen LogP contribution < -0.4 is 16.0 Å². The molecule has 0 aromatic carbocycles. The number of carbonyl (C=O) groups excluding carboxylic acids is 3. The van der Waals surface area contributed by atoms with Crippen LogP contribution >= 0.6 is 0 Å². The van der Waals surface area contributed by atoms with Crippen LogP contribution in [0.25, 0.3) is 0 Å². The number of hydrogen-bond donors (Lipinski definition) is 3. The van der Waals surface area contributed by atoms with Crippen molar-refractivity contribution in [3.8, 4) is 0 Å². The van der Waals surface area contributed by atoms with Crippen molar-refractivity contribution in [1.82, 2.24) is 25.8 Å². The van der Waals surface area contributed by atoms with E-state index < -0.39 is 0 Å². The highest BCUT2D eigenvalue weighted by atomic mass is 16.2. The Morgan fingerprint density at radius 3 is 2.41 bits per heavy atom. The van der Waals surface area contributed by atoms with Gasteiger partial charge in [0, 0.05) is 43.7 Å². The number of rotatable bonds is 8. The zero-order valence-corrected chi connectivity index (χ0v) is 18.2. The number of urea groups is 1. The molecule has 2 saturated heterocycles. The summed E-state index contributed by atoms with van der Waals surface area (Å²) in [4.78, 5) is 41.8. The monoisotopic (exact) mass is 407 g/mol. The highest BCUT2D eigenvalue weighted by molar-refractivity contribution is 5.86. The van der Waals surface area contributed by atoms with Crippen LogP contribution in [0.4, 0.5) is 4.79 Å². The predicted molar refractivity (Wildman–Crippen MR) is 111 cm³/mol. The minimum Gasteiger partial charge on any atom is -0.354 e. The minimum atomic E-state index is -0.318. The third-order valence-corrected chi connectivity index (χ3v) is 6.39. The van der Waals surface area contributed by atoms with Crippen molar-refractivity contribution in [2.45, 2.75) is 90.0 Å². The van der Waals surface area contributed by atoms with Crippen LogP contribution in [-0.2, 0) is 9.59 Å². The first-order chi connectivity index (χ1) is 13.8. The molecule has 8 heteroatoms. The fourth-order valence-corrected chi connectivity index (χ4v) is 4.71. The molecule has 4 amide bonds. The standard InChI is InChI=1S/C21H37N5O3/c1-5-16(6-2)25-12-17-9-15(24-21(29)23-13(3)4)11-26(17)20(28)18(25)10-22-19(27)14-7-8-14/h13-18H,5-12H2,1-4H3,(H,22,27)(H2,23,24,29)/t15-,17-,18-/m0/s1. The van der Waals surface area contributed by atoms with Gasteiger partial charge in [0.15, 0.2) is 0 Å². The predicted octanol–water partition coefficient (Wildman–Crippen LogP) is 1.06. The highest BCUT2D eigenvalue weighted by Gasteiger charge is 2.47. The van der Waals surface area contributed by atoms with Gasteiger partial charge in [-0.25, -0.2) is 4.79 Å². The molecule has 3 fully saturated rings. The SMILES string of the molecule is CCC(CC)N1C[C@@H]2C[C@H](NC(=O)NC(C)C)CN2C(=O)[C@@H]1CNC(=O)C1CC1. The minimum absolute atomic E-state index is 0.0361. The van der Waals surface area contributed by atoms with Gasteiger partial charge < -0.3 is 20.9 Å². The molecule has 1 saturated carbocycles. The van der Waals surface area contributed by atoms with Gasteiger partial charge in [-0.1, -0.05) is 13.8 Å². The van der Waals surface area contributed by atoms with Crippen LogP contribution in [0.15, 0.2) is 0 Å². The van der Waals surface area contributed by atoms with Gasteiger partial charge in [-0.3, -0.25) is 14.5 Å². The molecule has 0 aromatic heterocycles. The number of hydrogen-bond acceptors (Lipinski definition) is 4. The first-order valence-corrected chi connectivity index (χ1v) is 11.2. The zero-order valence-electron chi connectivity index (χ0n) is 18.2. The van der Waals surface area contributed by atoms with Crippen molar-refractivity contribution in [1.29, 1.82) is 0 Å². The molecule has 2 aliphatic heterocycles. The summed E-state index contributed by atoms with van der Waals surface area (Å²) < 4.78 is 0. The highest BCUT2D eigenvalue weighted by Crippen LogP contribution is 2.30. The molecule has 3 N–H and O–H groups in total. The summed E-state index contributed by atoms with van der Waals surface area (Å²) in [6.45, 7) is 9.87. The van der Waals surface area contributed by atoms with Crippen LogP contribution in [0.1, 0.15) is 59.8 Å². The maximum Gasteiger partial charge on any atom is 0.315 e. The molecule has 164 valence electrons. The topological polar surface area (TPSA) is 93.8 Å². The molecule has 0 radical (unpaired) electrons. The van der Waals surface area contributed by atoms with Gasteiger partial charge in [0.1, 0.15) is 6.04 Å². The fourth-order valence-electron chi connectivity index (χ4n) is 4.71. The first-order valence-electron chi connectivity index (χ1n) is 11.2. The lowest BCUT2D eigenvalue weighted by Gasteiger charge is -2.46. The molecule has 29 heavy (non-hydrogen) atoms. The number of nitrogens with one attached hydrogen (secondary N) is 3. The molecular formula is C21H37N5O3. The van der Waals surface area contributed by atoms with E-state index in [0.717, 1.165) is 38.6 Å². The van der Waals surface area contributed by atoms with Gasteiger partial charge in [-0.05, 0) is 46.0 Å². The van der Waals surface area contributed by atoms with Gasteiger partial charge >= 0.3 is 6.03 Å². The van der Waals surface area contributed by atoms with Crippen molar-refractivity contribution in [2.75, 3.05) is 19.6 Å². The molecule has 1 aliphatic carbocycles. The van der Waals surface area contributed by atoms with Crippen LogP contribution in [0.2, 0.25) is 0 Å². The van der Waals surface area contributed by atoms with Crippen LogP contribution in [0, 0.1) is 5.92 Å². The molecule has 0 aromatic rings. The third-order valence-electron chi connectivity index (χ3n) is 6.39. The van der Waals surface area contributed by atoms with E-state index in [0.29, 0.717) is 19.1 Å². The molecule has 3 aliphatic rings. The third kappa shape index (κ3) is 5.21.